The Morgan fingerprint density at radius 3 is 2.43 bits per heavy atom. The molecule has 1 aliphatic heterocycles. The molecule has 21 heavy (non-hydrogen) atoms. The molecule has 0 atom stereocenters. The van der Waals surface area contributed by atoms with Crippen LogP contribution in [0.5, 0.6) is 0 Å². The number of hydrogen-bond acceptors (Lipinski definition) is 4. The van der Waals surface area contributed by atoms with E-state index in [-0.39, 0.29) is 18.3 Å². The molecule has 0 radical (unpaired) electrons. The van der Waals surface area contributed by atoms with Crippen molar-refractivity contribution in [2.45, 2.75) is 44.4 Å². The summed E-state index contributed by atoms with van der Waals surface area (Å²) in [6, 6.07) is 8.91. The van der Waals surface area contributed by atoms with Gasteiger partial charge in [0.1, 0.15) is 0 Å². The van der Waals surface area contributed by atoms with Crippen molar-refractivity contribution < 1.29 is 13.2 Å². The smallest absolute Gasteiger partial charge is 0.220 e. The highest BCUT2D eigenvalue weighted by atomic mass is 19.4. The second-order valence-corrected chi connectivity index (χ2v) is 5.35. The number of benzene rings is 1. The first-order valence-corrected chi connectivity index (χ1v) is 7.08. The fourth-order valence-electron chi connectivity index (χ4n) is 2.88. The van der Waals surface area contributed by atoms with Crippen molar-refractivity contribution in [2.75, 3.05) is 0 Å². The van der Waals surface area contributed by atoms with Gasteiger partial charge in [0.15, 0.2) is 5.84 Å². The van der Waals surface area contributed by atoms with E-state index in [1.807, 2.05) is 18.2 Å². The molecule has 7 heteroatoms. The van der Waals surface area contributed by atoms with E-state index in [1.54, 1.807) is 12.1 Å². The maximum Gasteiger partial charge on any atom is 0.501 e. The predicted molar refractivity (Wildman–Crippen MR) is 72.7 cm³/mol. The molecule has 4 nitrogen and oxygen atoms in total. The minimum absolute atomic E-state index is 0.0133. The van der Waals surface area contributed by atoms with E-state index >= 15 is 0 Å². The summed E-state index contributed by atoms with van der Waals surface area (Å²) in [4.78, 5) is 0. The van der Waals surface area contributed by atoms with Crippen molar-refractivity contribution in [3.05, 3.63) is 35.9 Å². The summed E-state index contributed by atoms with van der Waals surface area (Å²) in [5.74, 6) is -0.0133. The number of nitrogens with one attached hydrogen (secondary N) is 1. The van der Waals surface area contributed by atoms with Crippen LogP contribution in [0.3, 0.4) is 0 Å². The number of hydrogen-bond donors (Lipinski definition) is 1. The lowest BCUT2D eigenvalue weighted by atomic mass is 10.1. The normalized spacial score (nSPS) is 20.7. The van der Waals surface area contributed by atoms with Crippen LogP contribution in [0.4, 0.5) is 13.2 Å². The number of halogens is 3. The van der Waals surface area contributed by atoms with Gasteiger partial charge in [0.05, 0.1) is 6.04 Å². The van der Waals surface area contributed by atoms with Gasteiger partial charge >= 0.3 is 6.30 Å². The number of amidine groups is 1. The maximum atomic E-state index is 13.4. The van der Waals surface area contributed by atoms with Gasteiger partial charge in [-0.3, -0.25) is 0 Å². The third kappa shape index (κ3) is 2.97. The lowest BCUT2D eigenvalue weighted by Gasteiger charge is -2.34. The molecule has 2 aliphatic rings. The van der Waals surface area contributed by atoms with Crippen LogP contribution < -0.4 is 5.53 Å². The van der Waals surface area contributed by atoms with Gasteiger partial charge in [0.25, 0.3) is 0 Å². The fraction of sp³-hybridized carbons (Fsp3) is 0.500. The Morgan fingerprint density at radius 1 is 1.14 bits per heavy atom. The quantitative estimate of drug-likeness (QED) is 0.870. The number of hydrazine groups is 2. The van der Waals surface area contributed by atoms with E-state index in [2.05, 4.69) is 10.6 Å². The second-order valence-electron chi connectivity index (χ2n) is 5.35. The van der Waals surface area contributed by atoms with Crippen LogP contribution in [-0.4, -0.2) is 28.3 Å². The van der Waals surface area contributed by atoms with Crippen LogP contribution in [0, 0.1) is 0 Å². The minimum Gasteiger partial charge on any atom is -0.220 e. The lowest BCUT2D eigenvalue weighted by Crippen LogP contribution is -2.56. The zero-order valence-electron chi connectivity index (χ0n) is 11.5. The molecule has 3 rings (SSSR count). The van der Waals surface area contributed by atoms with Gasteiger partial charge in [0.2, 0.25) is 0 Å². The van der Waals surface area contributed by atoms with Crippen molar-refractivity contribution in [1.82, 2.24) is 15.7 Å². The molecule has 1 saturated carbocycles. The first-order chi connectivity index (χ1) is 10.1. The van der Waals surface area contributed by atoms with Crippen molar-refractivity contribution in [3.63, 3.8) is 0 Å². The highest BCUT2D eigenvalue weighted by Gasteiger charge is 2.49. The van der Waals surface area contributed by atoms with Crippen molar-refractivity contribution in [1.29, 1.82) is 0 Å². The molecule has 0 amide bonds. The van der Waals surface area contributed by atoms with E-state index in [0.717, 1.165) is 36.4 Å². The zero-order valence-corrected chi connectivity index (χ0v) is 11.5. The Hall–Kier alpha value is -1.76. The Morgan fingerprint density at radius 2 is 1.81 bits per heavy atom. The number of alkyl halides is 3. The molecule has 1 N–H and O–H groups in total. The van der Waals surface area contributed by atoms with Gasteiger partial charge in [0, 0.05) is 6.42 Å². The van der Waals surface area contributed by atoms with Crippen LogP contribution in [0.2, 0.25) is 0 Å². The maximum absolute atomic E-state index is 13.4. The monoisotopic (exact) mass is 298 g/mol. The third-order valence-corrected chi connectivity index (χ3v) is 3.86. The topological polar surface area (TPSA) is 30.9 Å². The van der Waals surface area contributed by atoms with E-state index in [4.69, 9.17) is 0 Å². The Labute approximate surface area is 121 Å². The predicted octanol–water partition coefficient (Wildman–Crippen LogP) is 3.04. The van der Waals surface area contributed by atoms with E-state index < -0.39 is 6.30 Å². The van der Waals surface area contributed by atoms with Gasteiger partial charge < -0.3 is 0 Å². The van der Waals surface area contributed by atoms with Crippen molar-refractivity contribution >= 4 is 5.84 Å². The molecule has 1 aromatic carbocycles. The highest BCUT2D eigenvalue weighted by molar-refractivity contribution is 5.85. The molecule has 0 unspecified atom stereocenters. The third-order valence-electron chi connectivity index (χ3n) is 3.86. The van der Waals surface area contributed by atoms with Crippen molar-refractivity contribution in [2.24, 2.45) is 5.10 Å². The molecule has 0 bridgehead atoms. The SMILES string of the molecule is FC(F)(F)N1C(Cc2ccccc2)=NNN1C1CCCC1. The Bertz CT molecular complexity index is 509. The molecule has 1 fully saturated rings. The van der Waals surface area contributed by atoms with Gasteiger partial charge in [-0.25, -0.2) is 5.53 Å². The minimum atomic E-state index is -4.47. The van der Waals surface area contributed by atoms with E-state index in [1.165, 1.54) is 0 Å². The first-order valence-electron chi connectivity index (χ1n) is 7.08. The summed E-state index contributed by atoms with van der Waals surface area (Å²) in [6.45, 7) is 0. The summed E-state index contributed by atoms with van der Waals surface area (Å²) in [7, 11) is 0. The Balaban J connectivity index is 1.79. The molecule has 1 aliphatic carbocycles. The summed E-state index contributed by atoms with van der Waals surface area (Å²) >= 11 is 0. The number of hydrazone groups is 1. The average Bonchev–Trinajstić information content (AvgIpc) is 3.07. The number of rotatable bonds is 3. The van der Waals surface area contributed by atoms with Crippen LogP contribution in [0.1, 0.15) is 31.2 Å². The van der Waals surface area contributed by atoms with Crippen LogP contribution in [-0.2, 0) is 6.42 Å². The number of nitrogens with zero attached hydrogens (tertiary/aromatic N) is 3. The summed E-state index contributed by atoms with van der Waals surface area (Å²) in [6.07, 6.45) is -0.886. The lowest BCUT2D eigenvalue weighted by molar-refractivity contribution is -0.292. The van der Waals surface area contributed by atoms with E-state index in [9.17, 15) is 13.2 Å². The molecular formula is C14H17F3N4. The fourth-order valence-corrected chi connectivity index (χ4v) is 2.88. The summed E-state index contributed by atoms with van der Waals surface area (Å²) < 4.78 is 40.1. The van der Waals surface area contributed by atoms with Crippen molar-refractivity contribution in [3.8, 4) is 0 Å². The molecule has 1 aromatic rings. The molecular weight excluding hydrogens is 281 g/mol. The van der Waals surface area contributed by atoms with Gasteiger partial charge in [-0.2, -0.15) is 5.01 Å². The molecule has 114 valence electrons. The highest BCUT2D eigenvalue weighted by Crippen LogP contribution is 2.32. The van der Waals surface area contributed by atoms with Gasteiger partial charge in [-0.05, 0) is 18.4 Å². The van der Waals surface area contributed by atoms with Crippen LogP contribution >= 0.6 is 0 Å². The second kappa shape index (κ2) is 5.55. The standard InChI is InChI=1S/C14H17F3N4/c15-14(16,17)20-13(10-11-6-2-1-3-7-11)18-19-21(20)12-8-4-5-9-12/h1-3,6-7,12,19H,4-5,8-10H2. The molecule has 0 spiro atoms. The first kappa shape index (κ1) is 14.2. The summed E-state index contributed by atoms with van der Waals surface area (Å²) in [5, 5.41) is 5.40. The van der Waals surface area contributed by atoms with Gasteiger partial charge in [-0.1, -0.05) is 43.2 Å². The summed E-state index contributed by atoms with van der Waals surface area (Å²) in [5.41, 5.74) is 3.36. The average molecular weight is 298 g/mol. The molecule has 0 saturated heterocycles. The molecule has 1 heterocycles. The molecule has 0 aromatic heterocycles. The zero-order chi connectivity index (χ0) is 14.9. The largest absolute Gasteiger partial charge is 0.501 e. The Kier molecular flexibility index (Phi) is 3.75. The van der Waals surface area contributed by atoms with Gasteiger partial charge in [-0.15, -0.1) is 23.4 Å². The van der Waals surface area contributed by atoms with Crippen LogP contribution in [0.25, 0.3) is 0 Å². The van der Waals surface area contributed by atoms with Crippen LogP contribution in [0.15, 0.2) is 35.4 Å². The van der Waals surface area contributed by atoms with E-state index in [0.29, 0.717) is 5.01 Å².